The maximum atomic E-state index is 12.5. The number of benzene rings is 1. The van der Waals surface area contributed by atoms with Gasteiger partial charge in [0.2, 0.25) is 0 Å². The van der Waals surface area contributed by atoms with E-state index in [1.807, 2.05) is 13.8 Å². The molecule has 11 heteroatoms. The molecule has 0 N–H and O–H groups in total. The van der Waals surface area contributed by atoms with Crippen LogP contribution in [0.15, 0.2) is 24.3 Å². The smallest absolute Gasteiger partial charge is 0.406 e. The Labute approximate surface area is 146 Å². The highest BCUT2D eigenvalue weighted by molar-refractivity contribution is 5.90. The molecule has 1 aliphatic heterocycles. The predicted octanol–water partition coefficient (Wildman–Crippen LogP) is 1.81. The molecule has 0 spiro atoms. The molecule has 0 aliphatic carbocycles. The molecule has 26 heavy (non-hydrogen) atoms. The molecule has 2 heterocycles. The lowest BCUT2D eigenvalue weighted by Crippen LogP contribution is -2.48. The molecule has 0 saturated carbocycles. The van der Waals surface area contributed by atoms with Crippen molar-refractivity contribution in [1.82, 2.24) is 25.1 Å². The quantitative estimate of drug-likeness (QED) is 0.819. The molecular weight excluding hydrogens is 355 g/mol. The van der Waals surface area contributed by atoms with Crippen LogP contribution in [0.25, 0.3) is 5.69 Å². The van der Waals surface area contributed by atoms with Crippen LogP contribution in [0.4, 0.5) is 13.2 Å². The molecule has 2 atom stereocenters. The molecule has 8 nitrogen and oxygen atoms in total. The third kappa shape index (κ3) is 4.28. The van der Waals surface area contributed by atoms with Gasteiger partial charge in [-0.05, 0) is 43.3 Å². The molecule has 140 valence electrons. The number of aromatic nitrogens is 4. The van der Waals surface area contributed by atoms with E-state index in [4.69, 9.17) is 4.74 Å². The average Bonchev–Trinajstić information content (AvgIpc) is 3.02. The van der Waals surface area contributed by atoms with Gasteiger partial charge in [0, 0.05) is 13.1 Å². The number of halogens is 3. The van der Waals surface area contributed by atoms with Gasteiger partial charge in [-0.15, -0.1) is 28.2 Å². The normalized spacial score (nSPS) is 20.9. The zero-order valence-corrected chi connectivity index (χ0v) is 14.0. The number of nitrogens with zero attached hydrogens (tertiary/aromatic N) is 5. The Morgan fingerprint density at radius 2 is 1.81 bits per heavy atom. The molecule has 1 saturated heterocycles. The molecule has 0 unspecified atom stereocenters. The molecule has 0 radical (unpaired) electrons. The summed E-state index contributed by atoms with van der Waals surface area (Å²) in [5, 5.41) is 11.5. The fraction of sp³-hybridized carbons (Fsp3) is 0.467. The van der Waals surface area contributed by atoms with Gasteiger partial charge >= 0.3 is 6.36 Å². The summed E-state index contributed by atoms with van der Waals surface area (Å²) >= 11 is 0. The summed E-state index contributed by atoms with van der Waals surface area (Å²) in [6, 6.07) is 4.91. The van der Waals surface area contributed by atoms with Gasteiger partial charge in [-0.3, -0.25) is 4.79 Å². The van der Waals surface area contributed by atoms with Gasteiger partial charge in [-0.1, -0.05) is 0 Å². The third-order valence-electron chi connectivity index (χ3n) is 3.61. The Balaban J connectivity index is 1.72. The SMILES string of the molecule is C[C@@H]1CN(C(=O)c2nnn(-c3ccc(OC(F)(F)F)cc3)n2)C[C@H](C)O1. The molecular formula is C15H16F3N5O3. The van der Waals surface area contributed by atoms with Crippen LogP contribution < -0.4 is 4.74 Å². The van der Waals surface area contributed by atoms with Crippen LogP contribution in [0.1, 0.15) is 24.5 Å². The van der Waals surface area contributed by atoms with Gasteiger partial charge < -0.3 is 14.4 Å². The van der Waals surface area contributed by atoms with E-state index >= 15 is 0 Å². The highest BCUT2D eigenvalue weighted by Gasteiger charge is 2.31. The number of tetrazole rings is 1. The van der Waals surface area contributed by atoms with Crippen molar-refractivity contribution in [3.8, 4) is 11.4 Å². The Bertz CT molecular complexity index is 768. The van der Waals surface area contributed by atoms with Crippen molar-refractivity contribution in [3.05, 3.63) is 30.1 Å². The molecule has 1 aromatic carbocycles. The number of morpholine rings is 1. The summed E-state index contributed by atoms with van der Waals surface area (Å²) in [7, 11) is 0. The number of hydrogen-bond donors (Lipinski definition) is 0. The van der Waals surface area contributed by atoms with E-state index in [1.54, 1.807) is 4.90 Å². The number of ether oxygens (including phenoxy) is 2. The van der Waals surface area contributed by atoms with E-state index < -0.39 is 6.36 Å². The van der Waals surface area contributed by atoms with Crippen LogP contribution in [-0.4, -0.2) is 62.7 Å². The first-order valence-corrected chi connectivity index (χ1v) is 7.82. The Morgan fingerprint density at radius 3 is 2.38 bits per heavy atom. The van der Waals surface area contributed by atoms with Crippen LogP contribution in [-0.2, 0) is 4.74 Å². The first kappa shape index (κ1) is 18.1. The second-order valence-electron chi connectivity index (χ2n) is 5.91. The maximum Gasteiger partial charge on any atom is 0.573 e. The summed E-state index contributed by atoms with van der Waals surface area (Å²) in [5.41, 5.74) is 0.342. The number of alkyl halides is 3. The van der Waals surface area contributed by atoms with Crippen LogP contribution in [0.3, 0.4) is 0 Å². The van der Waals surface area contributed by atoms with E-state index in [1.165, 1.54) is 12.1 Å². The lowest BCUT2D eigenvalue weighted by atomic mass is 10.2. The Kier molecular flexibility index (Phi) is 4.81. The topological polar surface area (TPSA) is 82.4 Å². The number of rotatable bonds is 3. The average molecular weight is 371 g/mol. The van der Waals surface area contributed by atoms with Gasteiger partial charge in [-0.2, -0.15) is 0 Å². The predicted molar refractivity (Wildman–Crippen MR) is 81.7 cm³/mol. The maximum absolute atomic E-state index is 12.5. The molecule has 1 fully saturated rings. The minimum atomic E-state index is -4.76. The monoisotopic (exact) mass is 371 g/mol. The zero-order chi connectivity index (χ0) is 18.9. The lowest BCUT2D eigenvalue weighted by molar-refractivity contribution is -0.274. The third-order valence-corrected chi connectivity index (χ3v) is 3.61. The van der Waals surface area contributed by atoms with Crippen LogP contribution in [0.5, 0.6) is 5.75 Å². The number of amides is 1. The van der Waals surface area contributed by atoms with Crippen molar-refractivity contribution in [1.29, 1.82) is 0 Å². The number of carbonyl (C=O) groups excluding carboxylic acids is 1. The van der Waals surface area contributed by atoms with Crippen LogP contribution in [0.2, 0.25) is 0 Å². The van der Waals surface area contributed by atoms with Crippen molar-refractivity contribution in [2.75, 3.05) is 13.1 Å². The van der Waals surface area contributed by atoms with Gasteiger partial charge in [0.1, 0.15) is 5.75 Å². The van der Waals surface area contributed by atoms with E-state index in [0.29, 0.717) is 18.8 Å². The lowest BCUT2D eigenvalue weighted by Gasteiger charge is -2.34. The van der Waals surface area contributed by atoms with Crippen molar-refractivity contribution >= 4 is 5.91 Å². The highest BCUT2D eigenvalue weighted by Crippen LogP contribution is 2.23. The van der Waals surface area contributed by atoms with Gasteiger partial charge in [0.05, 0.1) is 17.9 Å². The zero-order valence-electron chi connectivity index (χ0n) is 14.0. The number of hydrogen-bond acceptors (Lipinski definition) is 6. The van der Waals surface area contributed by atoms with Crippen molar-refractivity contribution in [3.63, 3.8) is 0 Å². The Morgan fingerprint density at radius 1 is 1.19 bits per heavy atom. The van der Waals surface area contributed by atoms with Crippen LogP contribution in [0, 0.1) is 0 Å². The summed E-state index contributed by atoms with van der Waals surface area (Å²) in [4.78, 5) is 15.1. The summed E-state index contributed by atoms with van der Waals surface area (Å²) in [6.45, 7) is 4.57. The van der Waals surface area contributed by atoms with E-state index in [-0.39, 0.29) is 29.7 Å². The molecule has 1 amide bonds. The van der Waals surface area contributed by atoms with Crippen molar-refractivity contribution in [2.24, 2.45) is 0 Å². The van der Waals surface area contributed by atoms with Crippen molar-refractivity contribution in [2.45, 2.75) is 32.4 Å². The largest absolute Gasteiger partial charge is 0.573 e. The van der Waals surface area contributed by atoms with E-state index in [9.17, 15) is 18.0 Å². The number of carbonyl (C=O) groups is 1. The molecule has 3 rings (SSSR count). The molecule has 1 aromatic heterocycles. The molecule has 0 bridgehead atoms. The first-order chi connectivity index (χ1) is 12.2. The van der Waals surface area contributed by atoms with E-state index in [2.05, 4.69) is 20.1 Å². The van der Waals surface area contributed by atoms with Crippen molar-refractivity contribution < 1.29 is 27.4 Å². The van der Waals surface area contributed by atoms with Gasteiger partial charge in [0.25, 0.3) is 11.7 Å². The standard InChI is InChI=1S/C15H16F3N5O3/c1-9-7-22(8-10(2)25-9)14(24)13-19-21-23(20-13)11-3-5-12(6-4-11)26-15(16,17)18/h3-6,9-10H,7-8H2,1-2H3/t9-,10+. The first-order valence-electron chi connectivity index (χ1n) is 7.82. The van der Waals surface area contributed by atoms with Gasteiger partial charge in [-0.25, -0.2) is 0 Å². The second kappa shape index (κ2) is 6.90. The summed E-state index contributed by atoms with van der Waals surface area (Å²) in [6.07, 6.45) is -4.96. The highest BCUT2D eigenvalue weighted by atomic mass is 19.4. The van der Waals surface area contributed by atoms with Gasteiger partial charge in [0.15, 0.2) is 0 Å². The van der Waals surface area contributed by atoms with Crippen LogP contribution >= 0.6 is 0 Å². The Hall–Kier alpha value is -2.69. The molecule has 2 aromatic rings. The minimum Gasteiger partial charge on any atom is -0.406 e. The summed E-state index contributed by atoms with van der Waals surface area (Å²) < 4.78 is 45.9. The molecule has 1 aliphatic rings. The van der Waals surface area contributed by atoms with E-state index in [0.717, 1.165) is 16.9 Å². The second-order valence-corrected chi connectivity index (χ2v) is 5.91. The minimum absolute atomic E-state index is 0.0954. The fourth-order valence-electron chi connectivity index (χ4n) is 2.68. The fourth-order valence-corrected chi connectivity index (χ4v) is 2.68. The summed E-state index contributed by atoms with van der Waals surface area (Å²) in [5.74, 6) is -0.842.